The number of benzene rings is 1. The molecule has 2 nitrogen and oxygen atoms in total. The van der Waals surface area contributed by atoms with Gasteiger partial charge in [-0.3, -0.25) is 0 Å². The average molecular weight is 159 g/mol. The molecule has 0 aliphatic rings. The van der Waals surface area contributed by atoms with Crippen LogP contribution in [0.15, 0.2) is 36.6 Å². The minimum Gasteiger partial charge on any atom is -0.463 e. The summed E-state index contributed by atoms with van der Waals surface area (Å²) in [6.07, 6.45) is 0. The molecule has 0 aliphatic heterocycles. The van der Waals surface area contributed by atoms with Crippen molar-refractivity contribution in [2.75, 3.05) is 0 Å². The number of rotatable bonds is 2. The zero-order chi connectivity index (χ0) is 8.97. The van der Waals surface area contributed by atoms with Crippen LogP contribution in [0.5, 0.6) is 5.75 Å². The maximum Gasteiger partial charge on any atom is 0.126 e. The van der Waals surface area contributed by atoms with Gasteiger partial charge >= 0.3 is 0 Å². The number of allylic oxidation sites excluding steroid dienone is 1. The fourth-order valence-electron chi connectivity index (χ4n) is 0.799. The van der Waals surface area contributed by atoms with Gasteiger partial charge in [0.05, 0.1) is 17.4 Å². The van der Waals surface area contributed by atoms with E-state index in [1.54, 1.807) is 31.2 Å². The molecular weight excluding hydrogens is 150 g/mol. The van der Waals surface area contributed by atoms with E-state index in [4.69, 9.17) is 10.00 Å². The van der Waals surface area contributed by atoms with Gasteiger partial charge in [0.25, 0.3) is 0 Å². The first-order valence-corrected chi connectivity index (χ1v) is 3.56. The minimum atomic E-state index is 0.629. The summed E-state index contributed by atoms with van der Waals surface area (Å²) >= 11 is 0. The van der Waals surface area contributed by atoms with Gasteiger partial charge in [-0.05, 0) is 31.2 Å². The molecule has 0 heterocycles. The van der Waals surface area contributed by atoms with Crippen LogP contribution in [0.4, 0.5) is 0 Å². The normalized spacial score (nSPS) is 8.67. The molecule has 1 aromatic rings. The van der Waals surface area contributed by atoms with Crippen molar-refractivity contribution in [3.8, 4) is 11.8 Å². The highest BCUT2D eigenvalue weighted by Gasteiger charge is 1.93. The van der Waals surface area contributed by atoms with Crippen LogP contribution >= 0.6 is 0 Å². The predicted octanol–water partition coefficient (Wildman–Crippen LogP) is 2.47. The van der Waals surface area contributed by atoms with Crippen molar-refractivity contribution in [3.63, 3.8) is 0 Å². The topological polar surface area (TPSA) is 33.0 Å². The van der Waals surface area contributed by atoms with Crippen molar-refractivity contribution in [3.05, 3.63) is 42.2 Å². The van der Waals surface area contributed by atoms with E-state index in [2.05, 4.69) is 6.58 Å². The Hall–Kier alpha value is -1.75. The third-order valence-electron chi connectivity index (χ3n) is 1.28. The molecule has 0 fully saturated rings. The summed E-state index contributed by atoms with van der Waals surface area (Å²) in [4.78, 5) is 0. The molecular formula is C10H9NO. The fourth-order valence-corrected chi connectivity index (χ4v) is 0.799. The molecule has 0 aliphatic carbocycles. The van der Waals surface area contributed by atoms with Crippen LogP contribution < -0.4 is 4.74 Å². The molecule has 12 heavy (non-hydrogen) atoms. The maximum atomic E-state index is 8.50. The van der Waals surface area contributed by atoms with Crippen molar-refractivity contribution < 1.29 is 4.74 Å². The number of nitrogens with zero attached hydrogens (tertiary/aromatic N) is 1. The largest absolute Gasteiger partial charge is 0.463 e. The lowest BCUT2D eigenvalue weighted by atomic mass is 10.2. The SMILES string of the molecule is C=C(C)Oc1ccc(C#N)cc1. The summed E-state index contributed by atoms with van der Waals surface area (Å²) < 4.78 is 5.21. The van der Waals surface area contributed by atoms with Crippen molar-refractivity contribution in [1.29, 1.82) is 5.26 Å². The molecule has 0 aromatic heterocycles. The van der Waals surface area contributed by atoms with Crippen LogP contribution in [0.3, 0.4) is 0 Å². The molecule has 0 saturated carbocycles. The van der Waals surface area contributed by atoms with E-state index < -0.39 is 0 Å². The van der Waals surface area contributed by atoms with E-state index in [1.165, 1.54) is 0 Å². The summed E-state index contributed by atoms with van der Waals surface area (Å²) in [5.41, 5.74) is 0.629. The van der Waals surface area contributed by atoms with Crippen molar-refractivity contribution >= 4 is 0 Å². The molecule has 60 valence electrons. The van der Waals surface area contributed by atoms with Crippen LogP contribution in [-0.4, -0.2) is 0 Å². The Morgan fingerprint density at radius 1 is 1.42 bits per heavy atom. The highest BCUT2D eigenvalue weighted by atomic mass is 16.5. The van der Waals surface area contributed by atoms with Gasteiger partial charge in [0.1, 0.15) is 5.75 Å². The van der Waals surface area contributed by atoms with E-state index in [0.717, 1.165) is 0 Å². The summed E-state index contributed by atoms with van der Waals surface area (Å²) in [6, 6.07) is 8.93. The molecule has 0 atom stereocenters. The Kier molecular flexibility index (Phi) is 2.49. The van der Waals surface area contributed by atoms with Crippen molar-refractivity contribution in [2.24, 2.45) is 0 Å². The Labute approximate surface area is 71.7 Å². The van der Waals surface area contributed by atoms with Gasteiger partial charge in [-0.25, -0.2) is 0 Å². The van der Waals surface area contributed by atoms with Crippen LogP contribution in [0.2, 0.25) is 0 Å². The summed E-state index contributed by atoms with van der Waals surface area (Å²) in [7, 11) is 0. The number of nitriles is 1. The Balaban J connectivity index is 2.80. The predicted molar refractivity (Wildman–Crippen MR) is 46.6 cm³/mol. The summed E-state index contributed by atoms with van der Waals surface area (Å²) in [5, 5.41) is 8.50. The van der Waals surface area contributed by atoms with E-state index in [1.807, 2.05) is 6.07 Å². The molecule has 0 unspecified atom stereocenters. The quantitative estimate of drug-likeness (QED) is 0.621. The molecule has 0 N–H and O–H groups in total. The minimum absolute atomic E-state index is 0.629. The zero-order valence-electron chi connectivity index (χ0n) is 6.87. The van der Waals surface area contributed by atoms with Gasteiger partial charge in [0.2, 0.25) is 0 Å². The first-order valence-electron chi connectivity index (χ1n) is 3.56. The lowest BCUT2D eigenvalue weighted by molar-refractivity contribution is 0.430. The van der Waals surface area contributed by atoms with E-state index in [9.17, 15) is 0 Å². The van der Waals surface area contributed by atoms with E-state index in [0.29, 0.717) is 17.1 Å². The lowest BCUT2D eigenvalue weighted by Gasteiger charge is -2.02. The molecule has 0 amide bonds. The first-order chi connectivity index (χ1) is 5.72. The molecule has 1 rings (SSSR count). The third-order valence-corrected chi connectivity index (χ3v) is 1.28. The number of ether oxygens (including phenoxy) is 1. The van der Waals surface area contributed by atoms with E-state index in [-0.39, 0.29) is 0 Å². The lowest BCUT2D eigenvalue weighted by Crippen LogP contribution is -1.87. The molecule has 0 bridgehead atoms. The second kappa shape index (κ2) is 3.59. The second-order valence-electron chi connectivity index (χ2n) is 2.44. The van der Waals surface area contributed by atoms with Gasteiger partial charge in [-0.2, -0.15) is 5.26 Å². The fraction of sp³-hybridized carbons (Fsp3) is 0.100. The highest BCUT2D eigenvalue weighted by Crippen LogP contribution is 2.13. The van der Waals surface area contributed by atoms with Crippen LogP contribution in [0.25, 0.3) is 0 Å². The Morgan fingerprint density at radius 2 is 2.00 bits per heavy atom. The first kappa shape index (κ1) is 8.35. The Morgan fingerprint density at radius 3 is 2.42 bits per heavy atom. The second-order valence-corrected chi connectivity index (χ2v) is 2.44. The van der Waals surface area contributed by atoms with Gasteiger partial charge in [0, 0.05) is 0 Å². The van der Waals surface area contributed by atoms with Crippen LogP contribution in [-0.2, 0) is 0 Å². The number of hydrogen-bond acceptors (Lipinski definition) is 2. The van der Waals surface area contributed by atoms with Gasteiger partial charge in [-0.15, -0.1) is 0 Å². The molecule has 0 radical (unpaired) electrons. The van der Waals surface area contributed by atoms with Gasteiger partial charge in [0.15, 0.2) is 0 Å². The zero-order valence-corrected chi connectivity index (χ0v) is 6.87. The average Bonchev–Trinajstić information content (AvgIpc) is 2.05. The molecule has 2 heteroatoms. The van der Waals surface area contributed by atoms with E-state index >= 15 is 0 Å². The highest BCUT2D eigenvalue weighted by molar-refractivity contribution is 5.34. The molecule has 1 aromatic carbocycles. The summed E-state index contributed by atoms with van der Waals surface area (Å²) in [6.45, 7) is 5.38. The Bertz CT molecular complexity index is 319. The standard InChI is InChI=1S/C10H9NO/c1-8(2)12-10-5-3-9(7-11)4-6-10/h3-6H,1H2,2H3. The maximum absolute atomic E-state index is 8.50. The third kappa shape index (κ3) is 2.14. The van der Waals surface area contributed by atoms with Crippen LogP contribution in [0.1, 0.15) is 12.5 Å². The van der Waals surface area contributed by atoms with Gasteiger partial charge < -0.3 is 4.74 Å². The van der Waals surface area contributed by atoms with Crippen molar-refractivity contribution in [2.45, 2.75) is 6.92 Å². The molecule has 0 spiro atoms. The smallest absolute Gasteiger partial charge is 0.126 e. The number of hydrogen-bond donors (Lipinski definition) is 0. The molecule has 0 saturated heterocycles. The monoisotopic (exact) mass is 159 g/mol. The van der Waals surface area contributed by atoms with Crippen LogP contribution in [0, 0.1) is 11.3 Å². The summed E-state index contributed by atoms with van der Waals surface area (Å²) in [5.74, 6) is 1.35. The van der Waals surface area contributed by atoms with Crippen molar-refractivity contribution in [1.82, 2.24) is 0 Å². The van der Waals surface area contributed by atoms with Gasteiger partial charge in [-0.1, -0.05) is 6.58 Å².